The summed E-state index contributed by atoms with van der Waals surface area (Å²) in [5.41, 5.74) is 1.25. The SMILES string of the molecule is Cn1cnc(C(=O)N2CC3CN(S(=O)(=O)Cc4ccccc4)CC3C2)c1. The summed E-state index contributed by atoms with van der Waals surface area (Å²) in [5, 5.41) is 0. The first-order valence-corrected chi connectivity index (χ1v) is 10.3. The minimum atomic E-state index is -3.33. The van der Waals surface area contributed by atoms with Crippen molar-refractivity contribution in [3.05, 3.63) is 54.1 Å². The van der Waals surface area contributed by atoms with Crippen LogP contribution in [0.3, 0.4) is 0 Å². The Kier molecular flexibility index (Phi) is 4.32. The normalized spacial score (nSPS) is 23.3. The van der Waals surface area contributed by atoms with Gasteiger partial charge in [0.2, 0.25) is 10.0 Å². The third-order valence-corrected chi connectivity index (χ3v) is 7.03. The van der Waals surface area contributed by atoms with Gasteiger partial charge < -0.3 is 9.47 Å². The first-order chi connectivity index (χ1) is 12.4. The smallest absolute Gasteiger partial charge is 0.274 e. The van der Waals surface area contributed by atoms with Gasteiger partial charge >= 0.3 is 0 Å². The molecule has 1 amide bonds. The molecule has 2 atom stereocenters. The minimum absolute atomic E-state index is 0.0316. The average Bonchev–Trinajstić information content (AvgIpc) is 3.29. The van der Waals surface area contributed by atoms with Crippen LogP contribution in [0.1, 0.15) is 16.1 Å². The lowest BCUT2D eigenvalue weighted by Crippen LogP contribution is -2.36. The van der Waals surface area contributed by atoms with Crippen LogP contribution in [0.15, 0.2) is 42.9 Å². The number of sulfonamides is 1. The highest BCUT2D eigenvalue weighted by atomic mass is 32.2. The lowest BCUT2D eigenvalue weighted by molar-refractivity contribution is 0.0773. The number of hydrogen-bond acceptors (Lipinski definition) is 4. The van der Waals surface area contributed by atoms with Gasteiger partial charge in [0.15, 0.2) is 0 Å². The van der Waals surface area contributed by atoms with E-state index in [1.165, 1.54) is 0 Å². The van der Waals surface area contributed by atoms with E-state index in [9.17, 15) is 13.2 Å². The number of aryl methyl sites for hydroxylation is 1. The van der Waals surface area contributed by atoms with E-state index in [0.29, 0.717) is 31.9 Å². The third-order valence-electron chi connectivity index (χ3n) is 5.25. The Labute approximate surface area is 153 Å². The zero-order valence-corrected chi connectivity index (χ0v) is 15.5. The van der Waals surface area contributed by atoms with Gasteiger partial charge in [0, 0.05) is 39.4 Å². The second-order valence-corrected chi connectivity index (χ2v) is 9.18. The largest absolute Gasteiger partial charge is 0.340 e. The number of amides is 1. The van der Waals surface area contributed by atoms with E-state index < -0.39 is 10.0 Å². The molecule has 2 fully saturated rings. The molecule has 7 nitrogen and oxygen atoms in total. The Bertz CT molecular complexity index is 896. The van der Waals surface area contributed by atoms with Crippen molar-refractivity contribution in [2.75, 3.05) is 26.2 Å². The van der Waals surface area contributed by atoms with Crippen LogP contribution in [0.2, 0.25) is 0 Å². The number of fused-ring (bicyclic) bond motifs is 1. The molecule has 0 bridgehead atoms. The topological polar surface area (TPSA) is 75.5 Å². The average molecular weight is 374 g/mol. The van der Waals surface area contributed by atoms with Crippen LogP contribution in [0.5, 0.6) is 0 Å². The van der Waals surface area contributed by atoms with Crippen LogP contribution in [0.25, 0.3) is 0 Å². The lowest BCUT2D eigenvalue weighted by atomic mass is 10.0. The Balaban J connectivity index is 1.39. The first kappa shape index (κ1) is 17.2. The standard InChI is InChI=1S/C18H22N4O3S/c1-20-11-17(19-13-20)18(23)21-7-15-9-22(10-16(15)8-21)26(24,25)12-14-5-3-2-4-6-14/h2-6,11,13,15-16H,7-10,12H2,1H3. The van der Waals surface area contributed by atoms with Crippen LogP contribution in [0, 0.1) is 11.8 Å². The van der Waals surface area contributed by atoms with Crippen LogP contribution in [-0.2, 0) is 22.8 Å². The fourth-order valence-electron chi connectivity index (χ4n) is 3.90. The van der Waals surface area contributed by atoms with E-state index in [2.05, 4.69) is 4.98 Å². The number of likely N-dealkylation sites (tertiary alicyclic amines) is 1. The summed E-state index contributed by atoms with van der Waals surface area (Å²) in [6, 6.07) is 9.25. The maximum Gasteiger partial charge on any atom is 0.274 e. The second-order valence-electron chi connectivity index (χ2n) is 7.21. The second kappa shape index (κ2) is 6.51. The lowest BCUT2D eigenvalue weighted by Gasteiger charge is -2.21. The molecule has 0 saturated carbocycles. The highest BCUT2D eigenvalue weighted by Crippen LogP contribution is 2.33. The van der Waals surface area contributed by atoms with E-state index in [-0.39, 0.29) is 23.5 Å². The molecule has 26 heavy (non-hydrogen) atoms. The van der Waals surface area contributed by atoms with Gasteiger partial charge in [0.1, 0.15) is 5.69 Å². The number of nitrogens with zero attached hydrogens (tertiary/aromatic N) is 4. The predicted molar refractivity (Wildman–Crippen MR) is 96.7 cm³/mol. The molecule has 1 aromatic carbocycles. The zero-order chi connectivity index (χ0) is 18.3. The highest BCUT2D eigenvalue weighted by molar-refractivity contribution is 7.88. The van der Waals surface area contributed by atoms with Gasteiger partial charge in [-0.3, -0.25) is 4.79 Å². The number of rotatable bonds is 4. The van der Waals surface area contributed by atoms with Gasteiger partial charge in [-0.25, -0.2) is 17.7 Å². The molecule has 2 aliphatic rings. The molecule has 2 aliphatic heterocycles. The van der Waals surface area contributed by atoms with Crippen LogP contribution < -0.4 is 0 Å². The maximum absolute atomic E-state index is 12.7. The molecule has 138 valence electrons. The number of imidazole rings is 1. The summed E-state index contributed by atoms with van der Waals surface area (Å²) in [6.07, 6.45) is 3.33. The fraction of sp³-hybridized carbons (Fsp3) is 0.444. The number of carbonyl (C=O) groups excluding carboxylic acids is 1. The highest BCUT2D eigenvalue weighted by Gasteiger charge is 2.45. The summed E-state index contributed by atoms with van der Waals surface area (Å²) in [6.45, 7) is 2.17. The molecule has 8 heteroatoms. The van der Waals surface area contributed by atoms with Gasteiger partial charge in [0.05, 0.1) is 12.1 Å². The molecular weight excluding hydrogens is 352 g/mol. The Morgan fingerprint density at radius 3 is 2.35 bits per heavy atom. The van der Waals surface area contributed by atoms with Crippen molar-refractivity contribution in [2.24, 2.45) is 18.9 Å². The van der Waals surface area contributed by atoms with Crippen molar-refractivity contribution in [3.63, 3.8) is 0 Å². The Morgan fingerprint density at radius 1 is 1.12 bits per heavy atom. The van der Waals surface area contributed by atoms with E-state index in [1.54, 1.807) is 26.3 Å². The minimum Gasteiger partial charge on any atom is -0.340 e. The van der Waals surface area contributed by atoms with Crippen molar-refractivity contribution < 1.29 is 13.2 Å². The zero-order valence-electron chi connectivity index (χ0n) is 14.7. The quantitative estimate of drug-likeness (QED) is 0.799. The molecule has 0 spiro atoms. The first-order valence-electron chi connectivity index (χ1n) is 8.71. The van der Waals surface area contributed by atoms with Gasteiger partial charge in [-0.15, -0.1) is 0 Å². The molecule has 4 rings (SSSR count). The maximum atomic E-state index is 12.7. The summed E-state index contributed by atoms with van der Waals surface area (Å²) in [7, 11) is -1.50. The van der Waals surface area contributed by atoms with E-state index >= 15 is 0 Å². The Hall–Kier alpha value is -2.19. The molecule has 2 unspecified atom stereocenters. The van der Waals surface area contributed by atoms with Crippen molar-refractivity contribution in [3.8, 4) is 0 Å². The van der Waals surface area contributed by atoms with E-state index in [0.717, 1.165) is 5.56 Å². The number of benzene rings is 1. The molecule has 2 aromatic rings. The summed E-state index contributed by atoms with van der Waals surface area (Å²) in [4.78, 5) is 18.5. The van der Waals surface area contributed by atoms with E-state index in [4.69, 9.17) is 0 Å². The number of carbonyl (C=O) groups is 1. The summed E-state index contributed by atoms with van der Waals surface area (Å²) >= 11 is 0. The van der Waals surface area contributed by atoms with Gasteiger partial charge in [-0.1, -0.05) is 30.3 Å². The van der Waals surface area contributed by atoms with Crippen molar-refractivity contribution in [1.82, 2.24) is 18.8 Å². The van der Waals surface area contributed by atoms with Gasteiger partial charge in [-0.2, -0.15) is 0 Å². The van der Waals surface area contributed by atoms with E-state index in [1.807, 2.05) is 37.4 Å². The van der Waals surface area contributed by atoms with Crippen molar-refractivity contribution in [1.29, 1.82) is 0 Å². The molecule has 0 radical (unpaired) electrons. The molecule has 3 heterocycles. The molecule has 0 N–H and O–H groups in total. The molecule has 1 aromatic heterocycles. The van der Waals surface area contributed by atoms with Crippen LogP contribution in [-0.4, -0.2) is 59.3 Å². The Morgan fingerprint density at radius 2 is 1.77 bits per heavy atom. The third kappa shape index (κ3) is 3.26. The van der Waals surface area contributed by atoms with Crippen LogP contribution >= 0.6 is 0 Å². The molecular formula is C18H22N4O3S. The summed E-state index contributed by atoms with van der Waals surface area (Å²) < 4.78 is 28.8. The fourth-order valence-corrected chi connectivity index (χ4v) is 5.54. The molecule has 0 aliphatic carbocycles. The van der Waals surface area contributed by atoms with Crippen LogP contribution in [0.4, 0.5) is 0 Å². The predicted octanol–water partition coefficient (Wildman–Crippen LogP) is 0.954. The monoisotopic (exact) mass is 374 g/mol. The number of hydrogen-bond donors (Lipinski definition) is 0. The number of aromatic nitrogens is 2. The molecule has 2 saturated heterocycles. The van der Waals surface area contributed by atoms with Gasteiger partial charge in [-0.05, 0) is 17.4 Å². The van der Waals surface area contributed by atoms with Gasteiger partial charge in [0.25, 0.3) is 5.91 Å². The van der Waals surface area contributed by atoms with Crippen molar-refractivity contribution >= 4 is 15.9 Å². The van der Waals surface area contributed by atoms with Crippen molar-refractivity contribution in [2.45, 2.75) is 5.75 Å². The summed E-state index contributed by atoms with van der Waals surface area (Å²) in [5.74, 6) is 0.365.